The van der Waals surface area contributed by atoms with Crippen LogP contribution < -0.4 is 4.90 Å². The van der Waals surface area contributed by atoms with Crippen LogP contribution in [-0.4, -0.2) is 59.4 Å². The molecule has 0 spiro atoms. The number of rotatable bonds is 11. The molecule has 0 amide bonds. The molecule has 13 nitrogen and oxygen atoms in total. The van der Waals surface area contributed by atoms with Crippen LogP contribution in [0, 0.1) is 50.2 Å². The van der Waals surface area contributed by atoms with Gasteiger partial charge in [0.1, 0.15) is 11.6 Å². The van der Waals surface area contributed by atoms with E-state index in [2.05, 4.69) is 262 Å². The van der Waals surface area contributed by atoms with Gasteiger partial charge >= 0.3 is 0 Å². The van der Waals surface area contributed by atoms with Crippen LogP contribution in [0.25, 0.3) is 162 Å². The molecule has 12 aromatic heterocycles. The molecule has 0 aliphatic carbocycles. The predicted molar refractivity (Wildman–Crippen MR) is 564 cm³/mol. The Hall–Kier alpha value is -15.8. The van der Waals surface area contributed by atoms with Crippen LogP contribution in [0.15, 0.2) is 474 Å². The molecular formula is C126H89Ir3N13Pt-6. The Balaban J connectivity index is 0.000000124. The molecule has 0 bridgehead atoms. The minimum Gasteiger partial charge on any atom is -0.353 e. The average Bonchev–Trinajstić information content (AvgIpc) is 1.32. The normalized spacial score (nSPS) is 10.9. The Morgan fingerprint density at radius 1 is 0.252 bits per heavy atom. The number of pyridine rings is 10. The van der Waals surface area contributed by atoms with E-state index in [1.54, 1.807) is 31.0 Å². The number of benzene rings is 12. The molecule has 143 heavy (non-hydrogen) atoms. The first-order valence-electron chi connectivity index (χ1n) is 46.0. The van der Waals surface area contributed by atoms with E-state index in [1.165, 1.54) is 93.9 Å². The fourth-order valence-electron chi connectivity index (χ4n) is 17.3. The van der Waals surface area contributed by atoms with E-state index in [-0.39, 0.29) is 81.4 Å². The second-order valence-corrected chi connectivity index (χ2v) is 33.0. The Morgan fingerprint density at radius 3 is 0.986 bits per heavy atom. The van der Waals surface area contributed by atoms with Crippen molar-refractivity contribution in [3.63, 3.8) is 0 Å². The van der Waals surface area contributed by atoms with E-state index in [0.717, 1.165) is 132 Å². The number of aromatic amines is 1. The van der Waals surface area contributed by atoms with Crippen molar-refractivity contribution in [2.24, 2.45) is 0 Å². The number of anilines is 3. The van der Waals surface area contributed by atoms with Crippen LogP contribution >= 0.6 is 0 Å². The third-order valence-corrected chi connectivity index (χ3v) is 24.0. The summed E-state index contributed by atoms with van der Waals surface area (Å²) < 4.78 is 2.35. The summed E-state index contributed by atoms with van der Waals surface area (Å²) in [7, 11) is 0. The van der Waals surface area contributed by atoms with Crippen LogP contribution in [0.2, 0.25) is 0 Å². The van der Waals surface area contributed by atoms with Gasteiger partial charge in [0.05, 0.1) is 45.0 Å². The van der Waals surface area contributed by atoms with Crippen LogP contribution in [0.3, 0.4) is 0 Å². The van der Waals surface area contributed by atoms with E-state index in [4.69, 9.17) is 9.97 Å². The van der Waals surface area contributed by atoms with E-state index in [1.807, 2.05) is 286 Å². The molecule has 17 heteroatoms. The molecule has 2 aliphatic heterocycles. The van der Waals surface area contributed by atoms with Crippen molar-refractivity contribution in [1.29, 1.82) is 0 Å². The van der Waals surface area contributed by atoms with Gasteiger partial charge < -0.3 is 39.5 Å². The van der Waals surface area contributed by atoms with Gasteiger partial charge in [0.25, 0.3) is 0 Å². The first-order chi connectivity index (χ1) is 68.8. The molecule has 2 aliphatic rings. The van der Waals surface area contributed by atoms with Crippen molar-refractivity contribution < 1.29 is 81.4 Å². The number of aromatic nitrogens is 12. The van der Waals surface area contributed by atoms with Gasteiger partial charge in [0.2, 0.25) is 0 Å². The Kier molecular flexibility index (Phi) is 34.2. The van der Waals surface area contributed by atoms with Crippen molar-refractivity contribution >= 4 is 60.9 Å². The summed E-state index contributed by atoms with van der Waals surface area (Å²) in [6.07, 6.45) is 16.5. The monoisotopic (exact) mass is 2560 g/mol. The molecule has 12 aromatic carbocycles. The molecule has 0 fully saturated rings. The first-order valence-corrected chi connectivity index (χ1v) is 46.0. The number of nitrogens with zero attached hydrogens (tertiary/aromatic N) is 12. The molecule has 0 saturated heterocycles. The maximum absolute atomic E-state index is 5.12. The third-order valence-electron chi connectivity index (χ3n) is 24.0. The van der Waals surface area contributed by atoms with Gasteiger partial charge in [-0.05, 0) is 177 Å². The molecule has 1 N–H and O–H groups in total. The molecular weight excluding hydrogens is 2470 g/mol. The van der Waals surface area contributed by atoms with Crippen LogP contribution in [-0.2, 0) is 94.2 Å². The number of para-hydroxylation sites is 3. The van der Waals surface area contributed by atoms with Gasteiger partial charge in [0, 0.05) is 188 Å². The van der Waals surface area contributed by atoms with E-state index in [9.17, 15) is 0 Å². The molecule has 24 aromatic rings. The standard InChI is InChI=1S/C29H18N3.C28H19N5.2C18H14N.3C11H8N.3Ir.Pt/c1-3-9-19(10-4-1)25-16-23-22-15-24-21-13-7-8-14-28(21)32(20-11-5-2-6-12-20)29(24)17-26(22)31-27(23)18-30-25;1-3-14-29-22(8-1)24-12-10-20-16-18-6-5-7-19-17-21-11-13-25(23-9-2-4-15-30-23)32-28(21)33(26(18)19)27(20)31-24;2*1-14-12-18(16-10-6-3-7-11-16)19-13-17(14)15-8-4-2-5-9-15;3*1-2-6-10(7-3-1)11-8-4-5-9-12-11;;;;/h1-9,11-18,31H;1-15H,16-17H2;2*2-10,12-13H,1H3;3*1-6,8-9H;;;;/q-1;;5*-1;;;;. The summed E-state index contributed by atoms with van der Waals surface area (Å²) in [4.78, 5) is 51.6. The number of aryl methyl sites for hydroxylation is 2. The maximum atomic E-state index is 5.12. The Morgan fingerprint density at radius 2 is 0.601 bits per heavy atom. The zero-order chi connectivity index (χ0) is 93.7. The quantitative estimate of drug-likeness (QED) is 0.123. The largest absolute Gasteiger partial charge is 0.353 e. The minimum atomic E-state index is 0. The van der Waals surface area contributed by atoms with Gasteiger partial charge in [-0.2, -0.15) is 0 Å². The van der Waals surface area contributed by atoms with Crippen molar-refractivity contribution in [2.75, 3.05) is 4.90 Å². The minimum absolute atomic E-state index is 0. The predicted octanol–water partition coefficient (Wildman–Crippen LogP) is 29.8. The van der Waals surface area contributed by atoms with Gasteiger partial charge in [-0.25, -0.2) is 9.97 Å². The summed E-state index contributed by atoms with van der Waals surface area (Å²) in [5, 5.41) is 4.90. The maximum Gasteiger partial charge on any atom is 0.143 e. The van der Waals surface area contributed by atoms with Gasteiger partial charge in [0.15, 0.2) is 0 Å². The van der Waals surface area contributed by atoms with Crippen molar-refractivity contribution in [1.82, 2.24) is 59.4 Å². The molecule has 0 saturated carbocycles. The van der Waals surface area contributed by atoms with Gasteiger partial charge in [-0.3, -0.25) is 14.9 Å². The summed E-state index contributed by atoms with van der Waals surface area (Å²) >= 11 is 0. The second-order valence-electron chi connectivity index (χ2n) is 33.0. The number of nitrogens with one attached hydrogen (secondary N) is 1. The van der Waals surface area contributed by atoms with Crippen molar-refractivity contribution in [3.8, 4) is 118 Å². The molecule has 0 unspecified atom stereocenters. The van der Waals surface area contributed by atoms with E-state index in [0.29, 0.717) is 0 Å². The summed E-state index contributed by atoms with van der Waals surface area (Å²) in [6, 6.07) is 162. The molecule has 14 heterocycles. The topological polar surface area (TPSA) is 153 Å². The average molecular weight is 2560 g/mol. The Labute approximate surface area is 887 Å². The van der Waals surface area contributed by atoms with E-state index >= 15 is 0 Å². The fraction of sp³-hybridized carbons (Fsp3) is 0.0317. The second kappa shape index (κ2) is 48.9. The number of fused-ring (bicyclic) bond motifs is 10. The number of H-pyrrole nitrogens is 1. The van der Waals surface area contributed by atoms with E-state index < -0.39 is 0 Å². The molecule has 3 radical (unpaired) electrons. The van der Waals surface area contributed by atoms with Crippen molar-refractivity contribution in [2.45, 2.75) is 26.7 Å². The van der Waals surface area contributed by atoms with Gasteiger partial charge in [-0.15, -0.1) is 215 Å². The summed E-state index contributed by atoms with van der Waals surface area (Å²) in [6.45, 7) is 4.24. The van der Waals surface area contributed by atoms with Crippen LogP contribution in [0.4, 0.5) is 17.3 Å². The third kappa shape index (κ3) is 23.8. The van der Waals surface area contributed by atoms with Crippen LogP contribution in [0.1, 0.15) is 33.4 Å². The molecule has 0 atom stereocenters. The van der Waals surface area contributed by atoms with Crippen molar-refractivity contribution in [3.05, 3.63) is 544 Å². The van der Waals surface area contributed by atoms with Crippen LogP contribution in [0.5, 0.6) is 0 Å². The smallest absolute Gasteiger partial charge is 0.143 e. The number of hydrogen-bond donors (Lipinski definition) is 1. The van der Waals surface area contributed by atoms with Gasteiger partial charge in [-0.1, -0.05) is 194 Å². The molecule has 26 rings (SSSR count). The summed E-state index contributed by atoms with van der Waals surface area (Å²) in [5.74, 6) is 1.87. The number of hydrogen-bond acceptors (Lipinski definition) is 11. The Bertz CT molecular complexity index is 7690. The first kappa shape index (κ1) is 100. The SMILES string of the molecule is Cc1cc(-c2[c-]cccc2)ncc1-c1ccccc1.Cc1cc(-c2[c-]cccc2)ncc1-c1ccccc1.[Ir].[Ir].[Ir].[Pt].[c-]1ccccc1-c1cc2c(cn1)[nH]c1cc3c(cc12)c1ccccc1n3-c1ccccc1.[c-]1ccccc1-c1ccccn1.[c-]1ccccc1-c1ccccn1.[c-]1ccccc1-c1ccccn1.c1ccc(-c2ccc3c(n2)N2c4nc(-c5ccccn5)ccc4Cc4cccc(c42)C3)nc1. The summed E-state index contributed by atoms with van der Waals surface area (Å²) in [5.41, 5.74) is 34.6. The zero-order valence-corrected chi connectivity index (χ0v) is 87.1. The zero-order valence-electron chi connectivity index (χ0n) is 77.6. The fourth-order valence-corrected chi connectivity index (χ4v) is 17.3. The molecule has 701 valence electrons.